The molecule has 1 amide bonds. The third-order valence-electron chi connectivity index (χ3n) is 5.33. The van der Waals surface area contributed by atoms with Crippen LogP contribution in [0.5, 0.6) is 0 Å². The number of benzene rings is 1. The number of fused-ring (bicyclic) bond motifs is 1. The number of rotatable bonds is 5. The number of carbonyl (C=O) groups excluding carboxylic acids is 1. The average Bonchev–Trinajstić information content (AvgIpc) is 3.37. The van der Waals surface area contributed by atoms with E-state index in [9.17, 15) is 4.79 Å². The molecule has 0 saturated carbocycles. The van der Waals surface area contributed by atoms with Crippen LogP contribution in [-0.4, -0.2) is 43.1 Å². The number of hydrogen-bond donors (Lipinski definition) is 1. The first kappa shape index (κ1) is 17.5. The van der Waals surface area contributed by atoms with Crippen molar-refractivity contribution in [3.8, 4) is 0 Å². The summed E-state index contributed by atoms with van der Waals surface area (Å²) in [5.74, 6) is -0.0112. The number of H-pyrrole nitrogens is 1. The molecule has 0 spiro atoms. The Kier molecular flexibility index (Phi) is 4.56. The SMILES string of the molecule is CCC[C@@H]1C=CCN1C(=O)c1cc(Cn2cnc3cc(C)c(C)cc32)[nH]n1. The van der Waals surface area contributed by atoms with Crippen molar-refractivity contribution in [2.75, 3.05) is 6.54 Å². The molecule has 2 aromatic heterocycles. The number of amides is 1. The molecule has 6 heteroatoms. The molecule has 1 aliphatic rings. The summed E-state index contributed by atoms with van der Waals surface area (Å²) in [4.78, 5) is 19.2. The number of carbonyl (C=O) groups is 1. The van der Waals surface area contributed by atoms with Gasteiger partial charge in [-0.2, -0.15) is 5.10 Å². The maximum atomic E-state index is 12.8. The molecule has 1 N–H and O–H groups in total. The highest BCUT2D eigenvalue weighted by molar-refractivity contribution is 5.93. The van der Waals surface area contributed by atoms with Crippen LogP contribution < -0.4 is 0 Å². The van der Waals surface area contributed by atoms with E-state index in [0.29, 0.717) is 18.8 Å². The van der Waals surface area contributed by atoms with Crippen LogP contribution in [-0.2, 0) is 6.54 Å². The molecular formula is C21H25N5O. The molecule has 140 valence electrons. The quantitative estimate of drug-likeness (QED) is 0.704. The fourth-order valence-corrected chi connectivity index (χ4v) is 3.67. The number of nitrogens with zero attached hydrogens (tertiary/aromatic N) is 4. The van der Waals surface area contributed by atoms with Gasteiger partial charge in [0.05, 0.1) is 35.6 Å². The lowest BCUT2D eigenvalue weighted by Crippen LogP contribution is -2.36. The number of imidazole rings is 1. The summed E-state index contributed by atoms with van der Waals surface area (Å²) in [5.41, 5.74) is 5.93. The van der Waals surface area contributed by atoms with E-state index in [1.54, 1.807) is 0 Å². The van der Waals surface area contributed by atoms with E-state index in [0.717, 1.165) is 29.6 Å². The largest absolute Gasteiger partial charge is 0.327 e. The number of nitrogens with one attached hydrogen (secondary N) is 1. The van der Waals surface area contributed by atoms with E-state index < -0.39 is 0 Å². The Morgan fingerprint density at radius 2 is 2.07 bits per heavy atom. The molecule has 1 aliphatic heterocycles. The zero-order valence-electron chi connectivity index (χ0n) is 16.1. The Morgan fingerprint density at radius 3 is 2.89 bits per heavy atom. The maximum Gasteiger partial charge on any atom is 0.275 e. The zero-order chi connectivity index (χ0) is 19.0. The van der Waals surface area contributed by atoms with Gasteiger partial charge in [0.25, 0.3) is 5.91 Å². The van der Waals surface area contributed by atoms with Gasteiger partial charge in [-0.05, 0) is 49.6 Å². The highest BCUT2D eigenvalue weighted by Crippen LogP contribution is 2.20. The Labute approximate surface area is 158 Å². The van der Waals surface area contributed by atoms with E-state index in [2.05, 4.69) is 64.8 Å². The molecular weight excluding hydrogens is 338 g/mol. The Bertz CT molecular complexity index is 1010. The second-order valence-corrected chi connectivity index (χ2v) is 7.32. The molecule has 0 unspecified atom stereocenters. The molecule has 0 radical (unpaired) electrons. The maximum absolute atomic E-state index is 12.8. The van der Waals surface area contributed by atoms with Crippen molar-refractivity contribution < 1.29 is 4.79 Å². The van der Waals surface area contributed by atoms with E-state index >= 15 is 0 Å². The minimum atomic E-state index is -0.0112. The van der Waals surface area contributed by atoms with E-state index in [-0.39, 0.29) is 11.9 Å². The van der Waals surface area contributed by atoms with Crippen LogP contribution in [0.4, 0.5) is 0 Å². The summed E-state index contributed by atoms with van der Waals surface area (Å²) in [5, 5.41) is 7.29. The lowest BCUT2D eigenvalue weighted by Gasteiger charge is -2.23. The van der Waals surface area contributed by atoms with Gasteiger partial charge in [0.15, 0.2) is 5.69 Å². The van der Waals surface area contributed by atoms with Crippen LogP contribution in [0.1, 0.15) is 47.1 Å². The van der Waals surface area contributed by atoms with Gasteiger partial charge in [-0.25, -0.2) is 4.98 Å². The van der Waals surface area contributed by atoms with Gasteiger partial charge >= 0.3 is 0 Å². The zero-order valence-corrected chi connectivity index (χ0v) is 16.1. The molecule has 0 saturated heterocycles. The summed E-state index contributed by atoms with van der Waals surface area (Å²) < 4.78 is 2.08. The minimum Gasteiger partial charge on any atom is -0.327 e. The number of aromatic nitrogens is 4. The highest BCUT2D eigenvalue weighted by atomic mass is 16.2. The first-order valence-electron chi connectivity index (χ1n) is 9.51. The lowest BCUT2D eigenvalue weighted by molar-refractivity contribution is 0.0738. The molecule has 0 bridgehead atoms. The standard InChI is InChI=1S/C21H25N5O/c1-4-6-17-7-5-8-26(17)21(27)19-11-16(23-24-19)12-25-13-22-18-9-14(2)15(3)10-20(18)25/h5,7,9-11,13,17H,4,6,8,12H2,1-3H3,(H,23,24)/t17-/m1/s1. The topological polar surface area (TPSA) is 66.8 Å². The van der Waals surface area contributed by atoms with Crippen molar-refractivity contribution in [3.05, 3.63) is 59.2 Å². The molecule has 4 rings (SSSR count). The highest BCUT2D eigenvalue weighted by Gasteiger charge is 2.26. The first-order valence-corrected chi connectivity index (χ1v) is 9.51. The summed E-state index contributed by atoms with van der Waals surface area (Å²) in [7, 11) is 0. The summed E-state index contributed by atoms with van der Waals surface area (Å²) in [6.07, 6.45) is 8.06. The lowest BCUT2D eigenvalue weighted by atomic mass is 10.1. The van der Waals surface area contributed by atoms with Crippen LogP contribution in [0.25, 0.3) is 11.0 Å². The first-order chi connectivity index (χ1) is 13.1. The van der Waals surface area contributed by atoms with Crippen molar-refractivity contribution in [2.24, 2.45) is 0 Å². The van der Waals surface area contributed by atoms with Gasteiger partial charge in [0, 0.05) is 6.54 Å². The third-order valence-corrected chi connectivity index (χ3v) is 5.33. The molecule has 0 fully saturated rings. The predicted octanol–water partition coefficient (Wildman–Crippen LogP) is 3.61. The van der Waals surface area contributed by atoms with E-state index in [4.69, 9.17) is 0 Å². The molecule has 3 heterocycles. The minimum absolute atomic E-state index is 0.0112. The van der Waals surface area contributed by atoms with Crippen LogP contribution in [0.15, 0.2) is 36.7 Å². The van der Waals surface area contributed by atoms with Crippen LogP contribution >= 0.6 is 0 Å². The molecule has 27 heavy (non-hydrogen) atoms. The summed E-state index contributed by atoms with van der Waals surface area (Å²) >= 11 is 0. The van der Waals surface area contributed by atoms with E-state index in [1.165, 1.54) is 11.1 Å². The third kappa shape index (κ3) is 3.27. The fraction of sp³-hybridized carbons (Fsp3) is 0.381. The molecule has 6 nitrogen and oxygen atoms in total. The van der Waals surface area contributed by atoms with Crippen LogP contribution in [0, 0.1) is 13.8 Å². The van der Waals surface area contributed by atoms with Gasteiger partial charge in [-0.15, -0.1) is 0 Å². The van der Waals surface area contributed by atoms with E-state index in [1.807, 2.05) is 17.3 Å². The van der Waals surface area contributed by atoms with Gasteiger partial charge in [0.1, 0.15) is 0 Å². The fourth-order valence-electron chi connectivity index (χ4n) is 3.67. The van der Waals surface area contributed by atoms with Crippen molar-refractivity contribution >= 4 is 16.9 Å². The second-order valence-electron chi connectivity index (χ2n) is 7.32. The number of aromatic amines is 1. The molecule has 1 aromatic carbocycles. The van der Waals surface area contributed by atoms with Gasteiger partial charge in [0.2, 0.25) is 0 Å². The monoisotopic (exact) mass is 363 g/mol. The Balaban J connectivity index is 1.53. The van der Waals surface area contributed by atoms with Crippen molar-refractivity contribution in [2.45, 2.75) is 46.2 Å². The van der Waals surface area contributed by atoms with Gasteiger partial charge in [-0.1, -0.05) is 25.5 Å². The van der Waals surface area contributed by atoms with Crippen molar-refractivity contribution in [1.29, 1.82) is 0 Å². The smallest absolute Gasteiger partial charge is 0.275 e. The summed E-state index contributed by atoms with van der Waals surface area (Å²) in [6.45, 7) is 7.61. The molecule has 1 atom stereocenters. The number of aryl methyl sites for hydroxylation is 2. The second kappa shape index (κ2) is 7.02. The Hall–Kier alpha value is -2.89. The van der Waals surface area contributed by atoms with Crippen LogP contribution in [0.2, 0.25) is 0 Å². The molecule has 0 aliphatic carbocycles. The van der Waals surface area contributed by atoms with Gasteiger partial charge < -0.3 is 9.47 Å². The van der Waals surface area contributed by atoms with Crippen LogP contribution in [0.3, 0.4) is 0 Å². The predicted molar refractivity (Wildman–Crippen MR) is 106 cm³/mol. The summed E-state index contributed by atoms with van der Waals surface area (Å²) in [6, 6.07) is 6.31. The Morgan fingerprint density at radius 1 is 1.26 bits per heavy atom. The van der Waals surface area contributed by atoms with Crippen molar-refractivity contribution in [1.82, 2.24) is 24.6 Å². The van der Waals surface area contributed by atoms with Gasteiger partial charge in [-0.3, -0.25) is 9.89 Å². The molecule has 3 aromatic rings. The average molecular weight is 363 g/mol. The normalized spacial score (nSPS) is 16.6. The van der Waals surface area contributed by atoms with Crippen molar-refractivity contribution in [3.63, 3.8) is 0 Å². The number of hydrogen-bond acceptors (Lipinski definition) is 3.